The number of pyridine rings is 2. The molecule has 29 heavy (non-hydrogen) atoms. The average Bonchev–Trinajstić information content (AvgIpc) is 3.38. The summed E-state index contributed by atoms with van der Waals surface area (Å²) in [5.41, 5.74) is 12.6. The number of benzene rings is 1. The Morgan fingerprint density at radius 1 is 0.966 bits per heavy atom. The number of Topliss-reactive ketones (excluding diaryl/α,β-unsaturated/α-hetero) is 1. The molecule has 0 spiro atoms. The van der Waals surface area contributed by atoms with Gasteiger partial charge in [-0.3, -0.25) is 9.78 Å². The van der Waals surface area contributed by atoms with Crippen molar-refractivity contribution in [1.29, 1.82) is 0 Å². The van der Waals surface area contributed by atoms with Crippen molar-refractivity contribution in [3.8, 4) is 28.2 Å². The minimum Gasteiger partial charge on any atom is -0.326 e. The van der Waals surface area contributed by atoms with E-state index in [1.807, 2.05) is 42.6 Å². The lowest BCUT2D eigenvalue weighted by molar-refractivity contribution is 0.0994. The van der Waals surface area contributed by atoms with Crippen LogP contribution in [0.4, 0.5) is 0 Å². The topological polar surface area (TPSA) is 86.7 Å². The van der Waals surface area contributed by atoms with E-state index < -0.39 is 0 Å². The molecule has 0 radical (unpaired) electrons. The van der Waals surface area contributed by atoms with Crippen LogP contribution in [0.1, 0.15) is 27.9 Å². The summed E-state index contributed by atoms with van der Waals surface area (Å²) in [5.74, 6) is 0.936. The van der Waals surface area contributed by atoms with Crippen molar-refractivity contribution < 1.29 is 4.79 Å². The Hall–Kier alpha value is -3.64. The van der Waals surface area contributed by atoms with E-state index in [2.05, 4.69) is 16.0 Å². The van der Waals surface area contributed by atoms with Crippen LogP contribution in [0.5, 0.6) is 0 Å². The predicted molar refractivity (Wildman–Crippen MR) is 111 cm³/mol. The van der Waals surface area contributed by atoms with Gasteiger partial charge in [-0.2, -0.15) is 5.10 Å². The molecule has 2 N–H and O–H groups in total. The highest BCUT2D eigenvalue weighted by molar-refractivity contribution is 6.01. The van der Waals surface area contributed by atoms with Crippen LogP contribution in [0.3, 0.4) is 0 Å². The summed E-state index contributed by atoms with van der Waals surface area (Å²) in [6, 6.07) is 13.7. The van der Waals surface area contributed by atoms with Crippen LogP contribution in [0.2, 0.25) is 0 Å². The molecule has 0 atom stereocenters. The molecule has 6 heteroatoms. The van der Waals surface area contributed by atoms with Crippen molar-refractivity contribution in [1.82, 2.24) is 19.7 Å². The van der Waals surface area contributed by atoms with E-state index in [1.165, 1.54) is 0 Å². The second-order valence-corrected chi connectivity index (χ2v) is 7.06. The molecule has 0 aliphatic heterocycles. The number of aryl methyl sites for hydroxylation is 1. The van der Waals surface area contributed by atoms with Crippen molar-refractivity contribution in [2.24, 2.45) is 5.73 Å². The van der Waals surface area contributed by atoms with Crippen LogP contribution in [0.15, 0.2) is 67.3 Å². The van der Waals surface area contributed by atoms with Crippen molar-refractivity contribution in [2.45, 2.75) is 19.4 Å². The Balaban J connectivity index is 1.70. The standard InChI is InChI=1S/C23H19N5O/c24-13-18-2-1-9-26-23(18)28-14-20(22(27-28)15-7-10-25-11-8-15)17-3-5-19-16(12-17)4-6-21(19)29/h1-3,5,7-12,14H,4,6,13,24H2. The Morgan fingerprint density at radius 2 is 1.83 bits per heavy atom. The number of hydrogen-bond donors (Lipinski definition) is 1. The number of nitrogens with two attached hydrogens (primary N) is 1. The van der Waals surface area contributed by atoms with Gasteiger partial charge in [-0.05, 0) is 35.7 Å². The first kappa shape index (κ1) is 17.5. The summed E-state index contributed by atoms with van der Waals surface area (Å²) in [4.78, 5) is 20.6. The second kappa shape index (κ2) is 7.07. The Kier molecular flexibility index (Phi) is 4.26. The first-order chi connectivity index (χ1) is 14.2. The first-order valence-corrected chi connectivity index (χ1v) is 9.55. The molecule has 6 nitrogen and oxygen atoms in total. The summed E-state index contributed by atoms with van der Waals surface area (Å²) in [7, 11) is 0. The predicted octanol–water partition coefficient (Wildman–Crippen LogP) is 3.58. The third-order valence-electron chi connectivity index (χ3n) is 5.31. The van der Waals surface area contributed by atoms with E-state index in [-0.39, 0.29) is 5.78 Å². The fourth-order valence-electron chi connectivity index (χ4n) is 3.84. The molecule has 0 fully saturated rings. The van der Waals surface area contributed by atoms with E-state index in [4.69, 9.17) is 10.8 Å². The van der Waals surface area contributed by atoms with Crippen LogP contribution in [0, 0.1) is 0 Å². The number of rotatable bonds is 4. The minimum atomic E-state index is 0.220. The molecule has 0 amide bonds. The van der Waals surface area contributed by atoms with Crippen LogP contribution >= 0.6 is 0 Å². The summed E-state index contributed by atoms with van der Waals surface area (Å²) < 4.78 is 1.78. The van der Waals surface area contributed by atoms with E-state index in [0.29, 0.717) is 18.8 Å². The highest BCUT2D eigenvalue weighted by Gasteiger charge is 2.22. The van der Waals surface area contributed by atoms with Gasteiger partial charge < -0.3 is 5.73 Å². The van der Waals surface area contributed by atoms with Gasteiger partial charge in [-0.15, -0.1) is 0 Å². The smallest absolute Gasteiger partial charge is 0.163 e. The molecule has 0 unspecified atom stereocenters. The molecule has 0 bridgehead atoms. The molecule has 5 rings (SSSR count). The minimum absolute atomic E-state index is 0.220. The Bertz CT molecular complexity index is 1210. The lowest BCUT2D eigenvalue weighted by Crippen LogP contribution is -2.07. The average molecular weight is 381 g/mol. The molecule has 1 aliphatic carbocycles. The van der Waals surface area contributed by atoms with Crippen molar-refractivity contribution in [3.63, 3.8) is 0 Å². The zero-order valence-corrected chi connectivity index (χ0v) is 15.7. The third kappa shape index (κ3) is 3.03. The summed E-state index contributed by atoms with van der Waals surface area (Å²) in [6.07, 6.45) is 8.61. The summed E-state index contributed by atoms with van der Waals surface area (Å²) in [6.45, 7) is 0.379. The number of ketones is 1. The highest BCUT2D eigenvalue weighted by atomic mass is 16.1. The van der Waals surface area contributed by atoms with Crippen molar-refractivity contribution >= 4 is 5.78 Å². The SMILES string of the molecule is NCc1cccnc1-n1cc(-c2ccc3c(c2)CCC3=O)c(-c2ccncc2)n1. The fraction of sp³-hybridized carbons (Fsp3) is 0.130. The Morgan fingerprint density at radius 3 is 2.66 bits per heavy atom. The molecule has 0 saturated heterocycles. The van der Waals surface area contributed by atoms with Gasteiger partial charge in [0.25, 0.3) is 0 Å². The highest BCUT2D eigenvalue weighted by Crippen LogP contribution is 2.34. The lowest BCUT2D eigenvalue weighted by Gasteiger charge is -2.05. The molecule has 4 aromatic rings. The number of fused-ring (bicyclic) bond motifs is 1. The zero-order valence-electron chi connectivity index (χ0n) is 15.7. The molecule has 0 saturated carbocycles. The molecule has 3 heterocycles. The normalized spacial score (nSPS) is 12.9. The maximum atomic E-state index is 12.0. The van der Waals surface area contributed by atoms with E-state index in [1.54, 1.807) is 23.3 Å². The van der Waals surface area contributed by atoms with Gasteiger partial charge in [0.15, 0.2) is 11.6 Å². The number of carbonyl (C=O) groups excluding carboxylic acids is 1. The zero-order chi connectivity index (χ0) is 19.8. The monoisotopic (exact) mass is 381 g/mol. The molecular weight excluding hydrogens is 362 g/mol. The van der Waals surface area contributed by atoms with Crippen molar-refractivity contribution in [2.75, 3.05) is 0 Å². The number of aromatic nitrogens is 4. The fourth-order valence-corrected chi connectivity index (χ4v) is 3.84. The molecule has 1 aliphatic rings. The number of hydrogen-bond acceptors (Lipinski definition) is 5. The maximum Gasteiger partial charge on any atom is 0.163 e. The van der Waals surface area contributed by atoms with Crippen LogP contribution in [0.25, 0.3) is 28.2 Å². The number of nitrogens with zero attached hydrogens (tertiary/aromatic N) is 4. The van der Waals surface area contributed by atoms with E-state index in [0.717, 1.165) is 45.5 Å². The van der Waals surface area contributed by atoms with Gasteiger partial charge in [0.2, 0.25) is 0 Å². The maximum absolute atomic E-state index is 12.0. The molecule has 3 aromatic heterocycles. The van der Waals surface area contributed by atoms with Gasteiger partial charge in [-0.1, -0.05) is 24.3 Å². The van der Waals surface area contributed by atoms with Gasteiger partial charge in [-0.25, -0.2) is 9.67 Å². The Labute approximate surface area is 168 Å². The second-order valence-electron chi connectivity index (χ2n) is 7.06. The van der Waals surface area contributed by atoms with Gasteiger partial charge in [0, 0.05) is 60.0 Å². The van der Waals surface area contributed by atoms with Crippen molar-refractivity contribution in [3.05, 3.63) is 83.9 Å². The molecular formula is C23H19N5O. The third-order valence-corrected chi connectivity index (χ3v) is 5.31. The van der Waals surface area contributed by atoms with E-state index >= 15 is 0 Å². The van der Waals surface area contributed by atoms with Crippen LogP contribution in [-0.4, -0.2) is 25.5 Å². The largest absolute Gasteiger partial charge is 0.326 e. The molecule has 1 aromatic carbocycles. The lowest BCUT2D eigenvalue weighted by atomic mass is 9.98. The summed E-state index contributed by atoms with van der Waals surface area (Å²) >= 11 is 0. The van der Waals surface area contributed by atoms with Gasteiger partial charge in [0.1, 0.15) is 5.69 Å². The van der Waals surface area contributed by atoms with Gasteiger partial charge in [0.05, 0.1) is 0 Å². The van der Waals surface area contributed by atoms with Crippen LogP contribution in [-0.2, 0) is 13.0 Å². The number of carbonyl (C=O) groups is 1. The first-order valence-electron chi connectivity index (χ1n) is 9.55. The molecule has 142 valence electrons. The van der Waals surface area contributed by atoms with Gasteiger partial charge >= 0.3 is 0 Å². The van der Waals surface area contributed by atoms with E-state index in [9.17, 15) is 4.79 Å². The summed E-state index contributed by atoms with van der Waals surface area (Å²) in [5, 5.41) is 4.85. The quantitative estimate of drug-likeness (QED) is 0.584. The van der Waals surface area contributed by atoms with Crippen LogP contribution < -0.4 is 5.73 Å².